The smallest absolute Gasteiger partial charge is 0.222 e. The van der Waals surface area contributed by atoms with Crippen LogP contribution in [-0.2, 0) is 18.9 Å². The number of alkyl halides is 1. The van der Waals surface area contributed by atoms with Crippen LogP contribution in [0, 0.1) is 0 Å². The number of rotatable bonds is 0. The average Bonchev–Trinajstić information content (AvgIpc) is 2.11. The van der Waals surface area contributed by atoms with Gasteiger partial charge in [-0.3, -0.25) is 0 Å². The van der Waals surface area contributed by atoms with E-state index in [1.54, 1.807) is 0 Å². The van der Waals surface area contributed by atoms with Crippen LogP contribution in [0.5, 0.6) is 0 Å². The van der Waals surface area contributed by atoms with Gasteiger partial charge < -0.3 is 18.9 Å². The molecule has 0 radical (unpaired) electrons. The molecule has 0 aliphatic carbocycles. The molecule has 4 nitrogen and oxygen atoms in total. The monoisotopic (exact) mass is 194 g/mol. The van der Waals surface area contributed by atoms with E-state index in [2.05, 4.69) is 0 Å². The van der Waals surface area contributed by atoms with Gasteiger partial charge in [0.1, 0.15) is 6.61 Å². The van der Waals surface area contributed by atoms with Gasteiger partial charge in [0.15, 0.2) is 0 Å². The first-order chi connectivity index (χ1) is 6.39. The molecule has 0 aromatic carbocycles. The van der Waals surface area contributed by atoms with Gasteiger partial charge in [0.2, 0.25) is 6.36 Å². The summed E-state index contributed by atoms with van der Waals surface area (Å²) in [4.78, 5) is 0. The maximum atomic E-state index is 12.7. The molecular weight excluding hydrogens is 179 g/mol. The summed E-state index contributed by atoms with van der Waals surface area (Å²) in [6, 6.07) is 0. The third-order valence-electron chi connectivity index (χ3n) is 1.52. The highest BCUT2D eigenvalue weighted by Gasteiger charge is 2.06. The molecule has 1 saturated heterocycles. The van der Waals surface area contributed by atoms with E-state index in [1.165, 1.54) is 0 Å². The summed E-state index contributed by atoms with van der Waals surface area (Å²) in [5.74, 6) is 0. The summed E-state index contributed by atoms with van der Waals surface area (Å²) < 4.78 is 32.7. The Kier molecular flexibility index (Phi) is 6.01. The van der Waals surface area contributed by atoms with E-state index in [0.717, 1.165) is 0 Å². The second-order valence-electron chi connectivity index (χ2n) is 2.58. The lowest BCUT2D eigenvalue weighted by molar-refractivity contribution is -0.114. The predicted molar refractivity (Wildman–Crippen MR) is 43.3 cm³/mol. The van der Waals surface area contributed by atoms with Crippen LogP contribution in [-0.4, -0.2) is 52.6 Å². The number of halogens is 1. The lowest BCUT2D eigenvalue weighted by Crippen LogP contribution is -2.21. The molecule has 1 fully saturated rings. The Hall–Kier alpha value is -0.230. The van der Waals surface area contributed by atoms with Crippen molar-refractivity contribution in [2.45, 2.75) is 6.36 Å². The fraction of sp³-hybridized carbons (Fsp3) is 1.00. The van der Waals surface area contributed by atoms with Crippen molar-refractivity contribution in [1.82, 2.24) is 0 Å². The van der Waals surface area contributed by atoms with Gasteiger partial charge in [-0.1, -0.05) is 0 Å². The van der Waals surface area contributed by atoms with Crippen molar-refractivity contribution in [3.8, 4) is 0 Å². The highest BCUT2D eigenvalue weighted by molar-refractivity contribution is 4.42. The summed E-state index contributed by atoms with van der Waals surface area (Å²) in [7, 11) is 0. The van der Waals surface area contributed by atoms with Crippen molar-refractivity contribution in [1.29, 1.82) is 0 Å². The van der Waals surface area contributed by atoms with E-state index in [9.17, 15) is 4.39 Å². The lowest BCUT2D eigenvalue weighted by Gasteiger charge is -2.12. The highest BCUT2D eigenvalue weighted by atomic mass is 19.1. The van der Waals surface area contributed by atoms with E-state index in [1.807, 2.05) is 0 Å². The maximum Gasteiger partial charge on any atom is 0.222 e. The maximum absolute atomic E-state index is 12.7. The van der Waals surface area contributed by atoms with E-state index >= 15 is 0 Å². The topological polar surface area (TPSA) is 36.9 Å². The van der Waals surface area contributed by atoms with Crippen molar-refractivity contribution in [3.63, 3.8) is 0 Å². The van der Waals surface area contributed by atoms with Gasteiger partial charge in [0, 0.05) is 0 Å². The van der Waals surface area contributed by atoms with Gasteiger partial charge in [-0.05, 0) is 0 Å². The van der Waals surface area contributed by atoms with Crippen molar-refractivity contribution in [2.24, 2.45) is 0 Å². The van der Waals surface area contributed by atoms with Crippen molar-refractivity contribution >= 4 is 0 Å². The first-order valence-electron chi connectivity index (χ1n) is 4.38. The van der Waals surface area contributed by atoms with Crippen LogP contribution >= 0.6 is 0 Å². The second-order valence-corrected chi connectivity index (χ2v) is 2.58. The van der Waals surface area contributed by atoms with E-state index < -0.39 is 6.36 Å². The largest absolute Gasteiger partial charge is 0.377 e. The van der Waals surface area contributed by atoms with Gasteiger partial charge in [-0.15, -0.1) is 0 Å². The zero-order valence-electron chi connectivity index (χ0n) is 7.54. The third-order valence-corrected chi connectivity index (χ3v) is 1.52. The molecule has 0 aromatic rings. The van der Waals surface area contributed by atoms with Crippen LogP contribution in [0.4, 0.5) is 4.39 Å². The second kappa shape index (κ2) is 7.20. The average molecular weight is 194 g/mol. The molecule has 1 heterocycles. The number of ether oxygens (including phenoxy) is 4. The van der Waals surface area contributed by atoms with Crippen LogP contribution in [0.15, 0.2) is 0 Å². The fourth-order valence-electron chi connectivity index (χ4n) is 0.899. The van der Waals surface area contributed by atoms with Gasteiger partial charge in [0.25, 0.3) is 0 Å². The van der Waals surface area contributed by atoms with Crippen LogP contribution in [0.2, 0.25) is 0 Å². The van der Waals surface area contributed by atoms with E-state index in [-0.39, 0.29) is 13.2 Å². The van der Waals surface area contributed by atoms with Crippen molar-refractivity contribution < 1.29 is 23.3 Å². The summed E-state index contributed by atoms with van der Waals surface area (Å²) in [6.45, 7) is 2.53. The Balaban J connectivity index is 2.11. The molecule has 0 amide bonds. The molecule has 0 bridgehead atoms. The Morgan fingerprint density at radius 1 is 0.769 bits per heavy atom. The van der Waals surface area contributed by atoms with Crippen LogP contribution in [0.1, 0.15) is 0 Å². The molecule has 5 heteroatoms. The number of hydrogen-bond acceptors (Lipinski definition) is 4. The SMILES string of the molecule is FC1COCCOCCOCCO1. The summed E-state index contributed by atoms with van der Waals surface area (Å²) >= 11 is 0. The molecule has 1 unspecified atom stereocenters. The molecule has 1 aliphatic rings. The van der Waals surface area contributed by atoms with Gasteiger partial charge >= 0.3 is 0 Å². The standard InChI is InChI=1S/C8H15FO4/c9-8-7-12-4-3-10-1-2-11-5-6-13-8/h8H,1-7H2. The van der Waals surface area contributed by atoms with Crippen LogP contribution in [0.3, 0.4) is 0 Å². The van der Waals surface area contributed by atoms with Crippen molar-refractivity contribution in [2.75, 3.05) is 46.2 Å². The zero-order chi connectivity index (χ0) is 9.36. The molecular formula is C8H15FO4. The molecule has 0 spiro atoms. The molecule has 78 valence electrons. The molecule has 0 aromatic heterocycles. The molecule has 1 aliphatic heterocycles. The molecule has 13 heavy (non-hydrogen) atoms. The van der Waals surface area contributed by atoms with Gasteiger partial charge in [0.05, 0.1) is 39.6 Å². The number of hydrogen-bond donors (Lipinski definition) is 0. The zero-order valence-corrected chi connectivity index (χ0v) is 7.54. The van der Waals surface area contributed by atoms with Crippen molar-refractivity contribution in [3.05, 3.63) is 0 Å². The van der Waals surface area contributed by atoms with Crippen LogP contribution < -0.4 is 0 Å². The first kappa shape index (κ1) is 10.8. The Morgan fingerprint density at radius 2 is 1.31 bits per heavy atom. The third kappa shape index (κ3) is 5.93. The molecule has 0 N–H and O–H groups in total. The Labute approximate surface area is 76.9 Å². The van der Waals surface area contributed by atoms with Gasteiger partial charge in [-0.25, -0.2) is 4.39 Å². The molecule has 1 atom stereocenters. The highest BCUT2D eigenvalue weighted by Crippen LogP contribution is 1.96. The Morgan fingerprint density at radius 3 is 2.00 bits per heavy atom. The normalized spacial score (nSPS) is 28.8. The quantitative estimate of drug-likeness (QED) is 0.558. The summed E-state index contributed by atoms with van der Waals surface area (Å²) in [5.41, 5.74) is 0. The molecule has 0 saturated carbocycles. The first-order valence-corrected chi connectivity index (χ1v) is 4.38. The summed E-state index contributed by atoms with van der Waals surface area (Å²) in [6.07, 6.45) is -1.36. The van der Waals surface area contributed by atoms with Gasteiger partial charge in [-0.2, -0.15) is 0 Å². The fourth-order valence-corrected chi connectivity index (χ4v) is 0.899. The lowest BCUT2D eigenvalue weighted by atomic mass is 10.6. The predicted octanol–water partition coefficient (Wildman–Crippen LogP) is 0.362. The minimum atomic E-state index is -1.36. The minimum absolute atomic E-state index is 0.0383. The minimum Gasteiger partial charge on any atom is -0.377 e. The molecule has 1 rings (SSSR count). The van der Waals surface area contributed by atoms with Crippen LogP contribution in [0.25, 0.3) is 0 Å². The Bertz CT molecular complexity index is 111. The summed E-state index contributed by atoms with van der Waals surface area (Å²) in [5, 5.41) is 0. The van der Waals surface area contributed by atoms with E-state index in [0.29, 0.717) is 33.0 Å². The van der Waals surface area contributed by atoms with E-state index in [4.69, 9.17) is 18.9 Å².